The van der Waals surface area contributed by atoms with Gasteiger partial charge in [0.05, 0.1) is 18.3 Å². The molecule has 2 rings (SSSR count). The number of anilines is 1. The van der Waals surface area contributed by atoms with E-state index in [1.807, 2.05) is 18.2 Å². The first kappa shape index (κ1) is 11.9. The van der Waals surface area contributed by atoms with Crippen LogP contribution in [0.25, 0.3) is 0 Å². The third kappa shape index (κ3) is 2.24. The molecular formula is C12H17BrN2O. The number of halogens is 1. The number of piperazine rings is 1. The van der Waals surface area contributed by atoms with Gasteiger partial charge in [-0.3, -0.25) is 0 Å². The number of aliphatic hydroxyl groups excluding tert-OH is 1. The van der Waals surface area contributed by atoms with Gasteiger partial charge in [0.25, 0.3) is 0 Å². The van der Waals surface area contributed by atoms with Crippen LogP contribution in [0.1, 0.15) is 6.92 Å². The molecule has 2 unspecified atom stereocenters. The lowest BCUT2D eigenvalue weighted by Gasteiger charge is -2.42. The Labute approximate surface area is 105 Å². The van der Waals surface area contributed by atoms with Gasteiger partial charge in [0, 0.05) is 23.6 Å². The Morgan fingerprint density at radius 2 is 2.19 bits per heavy atom. The maximum atomic E-state index is 9.43. The lowest BCUT2D eigenvalue weighted by Crippen LogP contribution is -2.58. The molecule has 4 heteroatoms. The normalized spacial score (nSPS) is 25.8. The summed E-state index contributed by atoms with van der Waals surface area (Å²) in [7, 11) is 0. The van der Waals surface area contributed by atoms with Crippen molar-refractivity contribution in [3.05, 3.63) is 28.7 Å². The van der Waals surface area contributed by atoms with Crippen molar-refractivity contribution in [1.29, 1.82) is 0 Å². The second kappa shape index (κ2) is 5.17. The first-order valence-corrected chi connectivity index (χ1v) is 6.37. The smallest absolute Gasteiger partial charge is 0.0649 e. The fourth-order valence-electron chi connectivity index (χ4n) is 2.26. The highest BCUT2D eigenvalue weighted by Crippen LogP contribution is 2.29. The molecule has 0 saturated carbocycles. The van der Waals surface area contributed by atoms with E-state index in [1.165, 1.54) is 0 Å². The fraction of sp³-hybridized carbons (Fsp3) is 0.500. The predicted octanol–water partition coefficient (Wildman–Crippen LogP) is 1.61. The van der Waals surface area contributed by atoms with Crippen molar-refractivity contribution in [3.8, 4) is 0 Å². The molecule has 1 aliphatic rings. The van der Waals surface area contributed by atoms with E-state index in [4.69, 9.17) is 0 Å². The van der Waals surface area contributed by atoms with Crippen molar-refractivity contribution in [2.45, 2.75) is 19.0 Å². The summed E-state index contributed by atoms with van der Waals surface area (Å²) in [5, 5.41) is 12.8. The lowest BCUT2D eigenvalue weighted by molar-refractivity contribution is 0.235. The number of hydrogen-bond donors (Lipinski definition) is 2. The minimum atomic E-state index is 0.155. The fourth-order valence-corrected chi connectivity index (χ4v) is 2.75. The van der Waals surface area contributed by atoms with Crippen LogP contribution in [0.2, 0.25) is 0 Å². The second-order valence-corrected chi connectivity index (χ2v) is 5.06. The van der Waals surface area contributed by atoms with Crippen LogP contribution in [-0.4, -0.2) is 36.9 Å². The molecule has 0 spiro atoms. The van der Waals surface area contributed by atoms with Gasteiger partial charge in [-0.15, -0.1) is 0 Å². The van der Waals surface area contributed by atoms with Crippen molar-refractivity contribution in [2.75, 3.05) is 24.6 Å². The number of aliphatic hydroxyl groups is 1. The summed E-state index contributed by atoms with van der Waals surface area (Å²) >= 11 is 3.57. The van der Waals surface area contributed by atoms with Crippen molar-refractivity contribution < 1.29 is 5.11 Å². The Bertz CT molecular complexity index is 359. The van der Waals surface area contributed by atoms with Crippen LogP contribution >= 0.6 is 15.9 Å². The number of benzene rings is 1. The monoisotopic (exact) mass is 284 g/mol. The summed E-state index contributed by atoms with van der Waals surface area (Å²) in [5.41, 5.74) is 1.16. The summed E-state index contributed by atoms with van der Waals surface area (Å²) < 4.78 is 1.09. The molecule has 0 aromatic heterocycles. The number of nitrogens with one attached hydrogen (secondary N) is 1. The van der Waals surface area contributed by atoms with E-state index >= 15 is 0 Å². The van der Waals surface area contributed by atoms with E-state index in [2.05, 4.69) is 39.1 Å². The molecule has 0 bridgehead atoms. The third-order valence-electron chi connectivity index (χ3n) is 3.03. The zero-order valence-corrected chi connectivity index (χ0v) is 10.9. The van der Waals surface area contributed by atoms with Gasteiger partial charge in [0.1, 0.15) is 0 Å². The molecule has 0 amide bonds. The average Bonchev–Trinajstić information content (AvgIpc) is 2.30. The lowest BCUT2D eigenvalue weighted by atomic mass is 10.1. The highest BCUT2D eigenvalue weighted by atomic mass is 79.9. The number of para-hydroxylation sites is 1. The van der Waals surface area contributed by atoms with Crippen molar-refractivity contribution in [3.63, 3.8) is 0 Å². The van der Waals surface area contributed by atoms with Crippen LogP contribution in [0.3, 0.4) is 0 Å². The molecule has 1 aromatic carbocycles. The zero-order valence-electron chi connectivity index (χ0n) is 9.36. The predicted molar refractivity (Wildman–Crippen MR) is 69.8 cm³/mol. The molecule has 1 fully saturated rings. The molecule has 1 aliphatic heterocycles. The van der Waals surface area contributed by atoms with E-state index in [9.17, 15) is 5.11 Å². The van der Waals surface area contributed by atoms with E-state index in [0.29, 0.717) is 6.04 Å². The van der Waals surface area contributed by atoms with Gasteiger partial charge in [-0.05, 0) is 35.0 Å². The van der Waals surface area contributed by atoms with E-state index in [0.717, 1.165) is 23.2 Å². The Morgan fingerprint density at radius 1 is 1.44 bits per heavy atom. The molecule has 1 heterocycles. The van der Waals surface area contributed by atoms with Gasteiger partial charge in [-0.2, -0.15) is 0 Å². The molecular weight excluding hydrogens is 268 g/mol. The van der Waals surface area contributed by atoms with Gasteiger partial charge in [0.2, 0.25) is 0 Å². The molecule has 88 valence electrons. The first-order chi connectivity index (χ1) is 7.74. The number of nitrogens with zero attached hydrogens (tertiary/aromatic N) is 1. The van der Waals surface area contributed by atoms with Gasteiger partial charge in [-0.1, -0.05) is 12.1 Å². The summed E-state index contributed by atoms with van der Waals surface area (Å²) in [4.78, 5) is 2.29. The summed E-state index contributed by atoms with van der Waals surface area (Å²) in [6.45, 7) is 4.15. The quantitative estimate of drug-likeness (QED) is 0.866. The minimum absolute atomic E-state index is 0.155. The molecule has 1 saturated heterocycles. The van der Waals surface area contributed by atoms with Gasteiger partial charge in [-0.25, -0.2) is 0 Å². The number of hydrogen-bond acceptors (Lipinski definition) is 3. The maximum absolute atomic E-state index is 9.43. The maximum Gasteiger partial charge on any atom is 0.0649 e. The zero-order chi connectivity index (χ0) is 11.5. The summed E-state index contributed by atoms with van der Waals surface area (Å²) in [5.74, 6) is 0. The van der Waals surface area contributed by atoms with Gasteiger partial charge < -0.3 is 15.3 Å². The molecule has 1 aromatic rings. The van der Waals surface area contributed by atoms with Crippen molar-refractivity contribution in [2.24, 2.45) is 0 Å². The third-order valence-corrected chi connectivity index (χ3v) is 3.70. The minimum Gasteiger partial charge on any atom is -0.394 e. The molecule has 2 atom stereocenters. The van der Waals surface area contributed by atoms with Crippen LogP contribution in [0.15, 0.2) is 28.7 Å². The Kier molecular flexibility index (Phi) is 3.84. The van der Waals surface area contributed by atoms with Crippen LogP contribution in [-0.2, 0) is 0 Å². The van der Waals surface area contributed by atoms with Crippen LogP contribution in [0, 0.1) is 0 Å². The van der Waals surface area contributed by atoms with Gasteiger partial charge >= 0.3 is 0 Å². The average molecular weight is 285 g/mol. The Balaban J connectivity index is 2.32. The SMILES string of the molecule is CC1CNCC(CO)N1c1ccccc1Br. The molecule has 3 nitrogen and oxygen atoms in total. The van der Waals surface area contributed by atoms with E-state index in [-0.39, 0.29) is 12.6 Å². The first-order valence-electron chi connectivity index (χ1n) is 5.58. The second-order valence-electron chi connectivity index (χ2n) is 4.20. The summed E-state index contributed by atoms with van der Waals surface area (Å²) in [6.07, 6.45) is 0. The topological polar surface area (TPSA) is 35.5 Å². The molecule has 0 radical (unpaired) electrons. The Morgan fingerprint density at radius 3 is 2.88 bits per heavy atom. The molecule has 0 aliphatic carbocycles. The van der Waals surface area contributed by atoms with E-state index < -0.39 is 0 Å². The van der Waals surface area contributed by atoms with Crippen molar-refractivity contribution >= 4 is 21.6 Å². The van der Waals surface area contributed by atoms with Gasteiger partial charge in [0.15, 0.2) is 0 Å². The molecule has 2 N–H and O–H groups in total. The van der Waals surface area contributed by atoms with Crippen LogP contribution in [0.5, 0.6) is 0 Å². The largest absolute Gasteiger partial charge is 0.394 e. The van der Waals surface area contributed by atoms with Crippen LogP contribution < -0.4 is 10.2 Å². The Hall–Kier alpha value is -0.580. The highest BCUT2D eigenvalue weighted by molar-refractivity contribution is 9.10. The highest BCUT2D eigenvalue weighted by Gasteiger charge is 2.28. The van der Waals surface area contributed by atoms with Crippen LogP contribution in [0.4, 0.5) is 5.69 Å². The number of rotatable bonds is 2. The van der Waals surface area contributed by atoms with E-state index in [1.54, 1.807) is 0 Å². The van der Waals surface area contributed by atoms with Crippen molar-refractivity contribution in [1.82, 2.24) is 5.32 Å². The summed E-state index contributed by atoms with van der Waals surface area (Å²) in [6, 6.07) is 8.72. The standard InChI is InChI=1S/C12H17BrN2O/c1-9-6-14-7-10(8-16)15(9)12-5-3-2-4-11(12)13/h2-5,9-10,14,16H,6-8H2,1H3. The molecule has 16 heavy (non-hydrogen) atoms.